The van der Waals surface area contributed by atoms with Crippen molar-refractivity contribution in [1.29, 1.82) is 0 Å². The molecule has 0 bridgehead atoms. The van der Waals surface area contributed by atoms with E-state index in [1.807, 2.05) is 0 Å². The molecule has 1 N–H and O–H groups in total. The highest BCUT2D eigenvalue weighted by Crippen LogP contribution is 2.26. The van der Waals surface area contributed by atoms with Crippen LogP contribution in [0.25, 0.3) is 0 Å². The van der Waals surface area contributed by atoms with E-state index in [2.05, 4.69) is 14.4 Å². The Labute approximate surface area is 75.1 Å². The molecule has 0 spiro atoms. The molecule has 80 valence electrons. The predicted molar refractivity (Wildman–Crippen MR) is 34.0 cm³/mol. The van der Waals surface area contributed by atoms with Crippen molar-refractivity contribution in [1.82, 2.24) is 5.16 Å². The van der Waals surface area contributed by atoms with E-state index in [-0.39, 0.29) is 5.76 Å². The molecule has 0 aromatic carbocycles. The molecule has 0 amide bonds. The highest BCUT2D eigenvalue weighted by molar-refractivity contribution is 5.10. The van der Waals surface area contributed by atoms with Gasteiger partial charge in [-0.2, -0.15) is 17.6 Å². The minimum Gasteiger partial charge on any atom is -0.407 e. The lowest BCUT2D eigenvalue weighted by molar-refractivity contribution is -0.255. The monoisotopic (exact) mass is 215 g/mol. The van der Waals surface area contributed by atoms with Gasteiger partial charge in [0.2, 0.25) is 0 Å². The largest absolute Gasteiger partial charge is 0.462 e. The topological polar surface area (TPSA) is 55.5 Å². The predicted octanol–water partition coefficient (Wildman–Crippen LogP) is 1.40. The summed E-state index contributed by atoms with van der Waals surface area (Å²) in [6.45, 7) is -0.587. The van der Waals surface area contributed by atoms with Crippen LogP contribution in [-0.2, 0) is 6.61 Å². The van der Waals surface area contributed by atoms with Crippen molar-refractivity contribution >= 4 is 0 Å². The molecule has 1 aromatic rings. The Bertz CT molecular complexity index is 301. The maximum Gasteiger partial charge on any atom is 0.462 e. The van der Waals surface area contributed by atoms with E-state index in [4.69, 9.17) is 5.11 Å². The van der Waals surface area contributed by atoms with E-state index in [0.717, 1.165) is 6.07 Å². The lowest BCUT2D eigenvalue weighted by atomic mass is 10.5. The number of ether oxygens (including phenoxy) is 1. The van der Waals surface area contributed by atoms with Gasteiger partial charge in [0.15, 0.2) is 5.76 Å². The molecule has 1 aromatic heterocycles. The molecule has 4 nitrogen and oxygen atoms in total. The van der Waals surface area contributed by atoms with Crippen LogP contribution in [0.1, 0.15) is 5.76 Å². The summed E-state index contributed by atoms with van der Waals surface area (Å²) in [5.41, 5.74) is 0. The molecular weight excluding hydrogens is 210 g/mol. The van der Waals surface area contributed by atoms with E-state index >= 15 is 0 Å². The van der Waals surface area contributed by atoms with Gasteiger partial charge in [-0.1, -0.05) is 0 Å². The average Bonchev–Trinajstić information content (AvgIpc) is 2.51. The molecule has 0 fully saturated rings. The van der Waals surface area contributed by atoms with Crippen LogP contribution >= 0.6 is 0 Å². The van der Waals surface area contributed by atoms with E-state index in [0.29, 0.717) is 0 Å². The number of aliphatic hydroxyl groups excluding tert-OH is 1. The molecule has 0 unspecified atom stereocenters. The average molecular weight is 215 g/mol. The van der Waals surface area contributed by atoms with Gasteiger partial charge in [-0.25, -0.2) is 0 Å². The fourth-order valence-corrected chi connectivity index (χ4v) is 0.601. The number of nitrogens with zero attached hydrogens (tertiary/aromatic N) is 1. The summed E-state index contributed by atoms with van der Waals surface area (Å²) in [6, 6.07) is 0.788. The first-order chi connectivity index (χ1) is 6.45. The summed E-state index contributed by atoms with van der Waals surface area (Å²) in [6.07, 6.45) is -8.58. The Morgan fingerprint density at radius 3 is 2.64 bits per heavy atom. The molecule has 1 heterocycles. The van der Waals surface area contributed by atoms with Gasteiger partial charge in [0.05, 0.1) is 0 Å². The molecule has 1 rings (SSSR count). The number of hydrogen-bond donors (Lipinski definition) is 1. The molecule has 0 aliphatic carbocycles. The molecule has 0 radical (unpaired) electrons. The van der Waals surface area contributed by atoms with E-state index in [9.17, 15) is 17.6 Å². The highest BCUT2D eigenvalue weighted by Gasteiger charge is 2.44. The van der Waals surface area contributed by atoms with Crippen LogP contribution in [0.3, 0.4) is 0 Å². The van der Waals surface area contributed by atoms with Gasteiger partial charge < -0.3 is 14.4 Å². The summed E-state index contributed by atoms with van der Waals surface area (Å²) in [5, 5.41) is 11.3. The van der Waals surface area contributed by atoms with Gasteiger partial charge in [0.25, 0.3) is 5.88 Å². The first kappa shape index (κ1) is 10.8. The van der Waals surface area contributed by atoms with Crippen LogP contribution in [-0.4, -0.2) is 22.8 Å². The van der Waals surface area contributed by atoms with Crippen LogP contribution in [0, 0.1) is 0 Å². The number of alkyl halides is 4. The highest BCUT2D eigenvalue weighted by atomic mass is 19.3. The Morgan fingerprint density at radius 2 is 2.21 bits per heavy atom. The van der Waals surface area contributed by atoms with E-state index in [1.165, 1.54) is 0 Å². The summed E-state index contributed by atoms with van der Waals surface area (Å²) in [5.74, 6) is -0.968. The van der Waals surface area contributed by atoms with Crippen molar-refractivity contribution in [2.45, 2.75) is 19.1 Å². The second kappa shape index (κ2) is 3.82. The third kappa shape index (κ3) is 2.34. The number of halogens is 4. The van der Waals surface area contributed by atoms with Crippen molar-refractivity contribution in [3.05, 3.63) is 11.8 Å². The zero-order valence-electron chi connectivity index (χ0n) is 6.58. The normalized spacial score (nSPS) is 12.1. The lowest BCUT2D eigenvalue weighted by Gasteiger charge is -2.13. The quantitative estimate of drug-likeness (QED) is 0.771. The van der Waals surface area contributed by atoms with Gasteiger partial charge in [-0.15, -0.1) is 0 Å². The van der Waals surface area contributed by atoms with Crippen molar-refractivity contribution in [3.8, 4) is 5.88 Å². The Hall–Kier alpha value is -1.31. The number of aliphatic hydroxyl groups is 1. The third-order valence-corrected chi connectivity index (χ3v) is 1.19. The second-order valence-corrected chi connectivity index (χ2v) is 2.25. The molecule has 8 heteroatoms. The zero-order chi connectivity index (χ0) is 10.8. The second-order valence-electron chi connectivity index (χ2n) is 2.25. The number of aromatic nitrogens is 1. The zero-order valence-corrected chi connectivity index (χ0v) is 6.58. The van der Waals surface area contributed by atoms with Crippen LogP contribution in [0.4, 0.5) is 17.6 Å². The number of hydrogen-bond acceptors (Lipinski definition) is 4. The first-order valence-corrected chi connectivity index (χ1v) is 3.37. The minimum atomic E-state index is -4.62. The van der Waals surface area contributed by atoms with Gasteiger partial charge >= 0.3 is 12.5 Å². The van der Waals surface area contributed by atoms with Crippen molar-refractivity contribution < 1.29 is 31.9 Å². The number of rotatable bonds is 4. The Kier molecular flexibility index (Phi) is 2.94. The fourth-order valence-electron chi connectivity index (χ4n) is 0.601. The summed E-state index contributed by atoms with van der Waals surface area (Å²) in [7, 11) is 0. The third-order valence-electron chi connectivity index (χ3n) is 1.19. The van der Waals surface area contributed by atoms with E-state index < -0.39 is 25.0 Å². The minimum absolute atomic E-state index is 0.162. The van der Waals surface area contributed by atoms with Crippen LogP contribution in [0.15, 0.2) is 10.6 Å². The van der Waals surface area contributed by atoms with Gasteiger partial charge in [-0.3, -0.25) is 0 Å². The van der Waals surface area contributed by atoms with Crippen LogP contribution in [0.2, 0.25) is 0 Å². The maximum atomic E-state index is 12.2. The van der Waals surface area contributed by atoms with E-state index in [1.54, 1.807) is 0 Å². The molecule has 0 saturated heterocycles. The standard InChI is InChI=1S/C6H5F4NO3/c7-5(8)6(9,10)13-4-1-3(2-12)14-11-4/h1,5,12H,2H2. The van der Waals surface area contributed by atoms with Gasteiger partial charge in [0.1, 0.15) is 6.61 Å². The van der Waals surface area contributed by atoms with Gasteiger partial charge in [-0.05, 0) is 5.16 Å². The summed E-state index contributed by atoms with van der Waals surface area (Å²) in [4.78, 5) is 0. The fraction of sp³-hybridized carbons (Fsp3) is 0.500. The maximum absolute atomic E-state index is 12.2. The first-order valence-electron chi connectivity index (χ1n) is 3.37. The summed E-state index contributed by atoms with van der Waals surface area (Å²) >= 11 is 0. The lowest BCUT2D eigenvalue weighted by Crippen LogP contribution is -2.33. The molecule has 0 atom stereocenters. The Morgan fingerprint density at radius 1 is 1.57 bits per heavy atom. The van der Waals surface area contributed by atoms with Crippen molar-refractivity contribution in [2.75, 3.05) is 0 Å². The van der Waals surface area contributed by atoms with Crippen LogP contribution in [0.5, 0.6) is 5.88 Å². The van der Waals surface area contributed by atoms with Crippen LogP contribution < -0.4 is 4.74 Å². The molecule has 0 saturated carbocycles. The molecule has 14 heavy (non-hydrogen) atoms. The SMILES string of the molecule is OCc1cc(OC(F)(F)C(F)F)no1. The van der Waals surface area contributed by atoms with Crippen molar-refractivity contribution in [2.24, 2.45) is 0 Å². The molecular formula is C6H5F4NO3. The van der Waals surface area contributed by atoms with Gasteiger partial charge in [0, 0.05) is 6.07 Å². The van der Waals surface area contributed by atoms with Crippen molar-refractivity contribution in [3.63, 3.8) is 0 Å². The Balaban J connectivity index is 2.68. The summed E-state index contributed by atoms with van der Waals surface area (Å²) < 4.78 is 55.4. The smallest absolute Gasteiger partial charge is 0.407 e. The molecule has 0 aliphatic rings. The molecule has 0 aliphatic heterocycles.